The van der Waals surface area contributed by atoms with E-state index in [1.54, 1.807) is 18.2 Å². The molecule has 0 radical (unpaired) electrons. The van der Waals surface area contributed by atoms with E-state index in [9.17, 15) is 9.59 Å². The SMILES string of the molecule is CC(=O)NC(C)c1ccc(C(=O)c2cc3cc(Br)ccc3o2)cc1. The highest BCUT2D eigenvalue weighted by Gasteiger charge is 2.15. The summed E-state index contributed by atoms with van der Waals surface area (Å²) in [4.78, 5) is 23.7. The Morgan fingerprint density at radius 1 is 1.08 bits per heavy atom. The van der Waals surface area contributed by atoms with Gasteiger partial charge in [0.25, 0.3) is 0 Å². The van der Waals surface area contributed by atoms with E-state index in [1.165, 1.54) is 6.92 Å². The zero-order chi connectivity index (χ0) is 17.3. The van der Waals surface area contributed by atoms with Crippen LogP contribution < -0.4 is 5.32 Å². The van der Waals surface area contributed by atoms with Crippen LogP contribution >= 0.6 is 15.9 Å². The molecule has 0 saturated heterocycles. The highest BCUT2D eigenvalue weighted by Crippen LogP contribution is 2.25. The molecule has 0 bridgehead atoms. The molecule has 3 aromatic rings. The number of hydrogen-bond acceptors (Lipinski definition) is 3. The van der Waals surface area contributed by atoms with Gasteiger partial charge >= 0.3 is 0 Å². The number of carbonyl (C=O) groups is 2. The second-order valence-corrected chi connectivity index (χ2v) is 6.58. The standard InChI is InChI=1S/C19H16BrNO3/c1-11(21-12(2)22)13-3-5-14(6-4-13)19(23)18-10-15-9-16(20)7-8-17(15)24-18/h3-11H,1-2H3,(H,21,22). The fourth-order valence-electron chi connectivity index (χ4n) is 2.58. The van der Waals surface area contributed by atoms with Gasteiger partial charge in [-0.15, -0.1) is 0 Å². The van der Waals surface area contributed by atoms with Crippen molar-refractivity contribution in [2.75, 3.05) is 0 Å². The van der Waals surface area contributed by atoms with E-state index in [4.69, 9.17) is 4.42 Å². The van der Waals surface area contributed by atoms with Crippen molar-refractivity contribution in [3.05, 3.63) is 69.9 Å². The Labute approximate surface area is 148 Å². The maximum absolute atomic E-state index is 12.6. The van der Waals surface area contributed by atoms with E-state index >= 15 is 0 Å². The number of rotatable bonds is 4. The van der Waals surface area contributed by atoms with Crippen LogP contribution in [0.4, 0.5) is 0 Å². The number of carbonyl (C=O) groups excluding carboxylic acids is 2. The maximum Gasteiger partial charge on any atom is 0.228 e. The van der Waals surface area contributed by atoms with E-state index in [0.29, 0.717) is 16.9 Å². The van der Waals surface area contributed by atoms with Gasteiger partial charge in [-0.3, -0.25) is 9.59 Å². The topological polar surface area (TPSA) is 59.3 Å². The Bertz CT molecular complexity index is 912. The minimum Gasteiger partial charge on any atom is -0.453 e. The normalized spacial score (nSPS) is 12.1. The van der Waals surface area contributed by atoms with Crippen LogP contribution in [0.1, 0.15) is 41.6 Å². The van der Waals surface area contributed by atoms with E-state index < -0.39 is 0 Å². The van der Waals surface area contributed by atoms with E-state index in [0.717, 1.165) is 15.4 Å². The molecule has 4 nitrogen and oxygen atoms in total. The lowest BCUT2D eigenvalue weighted by Gasteiger charge is -2.12. The molecule has 1 atom stereocenters. The molecule has 1 aromatic heterocycles. The second-order valence-electron chi connectivity index (χ2n) is 5.67. The van der Waals surface area contributed by atoms with Crippen molar-refractivity contribution in [1.82, 2.24) is 5.32 Å². The predicted molar refractivity (Wildman–Crippen MR) is 96.0 cm³/mol. The van der Waals surface area contributed by atoms with Crippen molar-refractivity contribution in [3.8, 4) is 0 Å². The molecule has 0 aliphatic heterocycles. The molecule has 0 aliphatic rings. The first-order valence-electron chi connectivity index (χ1n) is 7.55. The Hall–Kier alpha value is -2.40. The number of halogens is 1. The minimum absolute atomic E-state index is 0.0870. The first-order chi connectivity index (χ1) is 11.4. The average molecular weight is 386 g/mol. The van der Waals surface area contributed by atoms with Crippen LogP contribution in [-0.2, 0) is 4.79 Å². The van der Waals surface area contributed by atoms with Crippen LogP contribution in [0.2, 0.25) is 0 Å². The first kappa shape index (κ1) is 16.5. The molecule has 24 heavy (non-hydrogen) atoms. The van der Waals surface area contributed by atoms with Crippen molar-refractivity contribution < 1.29 is 14.0 Å². The summed E-state index contributed by atoms with van der Waals surface area (Å²) >= 11 is 3.41. The van der Waals surface area contributed by atoms with Crippen molar-refractivity contribution >= 4 is 38.6 Å². The fraction of sp³-hybridized carbons (Fsp3) is 0.158. The van der Waals surface area contributed by atoms with Gasteiger partial charge in [-0.1, -0.05) is 40.2 Å². The third kappa shape index (κ3) is 3.41. The largest absolute Gasteiger partial charge is 0.453 e. The zero-order valence-electron chi connectivity index (χ0n) is 13.3. The van der Waals surface area contributed by atoms with Crippen molar-refractivity contribution in [2.45, 2.75) is 19.9 Å². The van der Waals surface area contributed by atoms with Crippen LogP contribution in [-0.4, -0.2) is 11.7 Å². The fourth-order valence-corrected chi connectivity index (χ4v) is 2.96. The van der Waals surface area contributed by atoms with Gasteiger partial charge in [0.2, 0.25) is 11.7 Å². The molecule has 1 heterocycles. The average Bonchev–Trinajstić information content (AvgIpc) is 2.96. The smallest absolute Gasteiger partial charge is 0.228 e. The molecule has 0 fully saturated rings. The summed E-state index contributed by atoms with van der Waals surface area (Å²) in [6.07, 6.45) is 0. The molecule has 3 rings (SSSR count). The number of benzene rings is 2. The van der Waals surface area contributed by atoms with Crippen LogP contribution in [0.25, 0.3) is 11.0 Å². The number of ketones is 1. The van der Waals surface area contributed by atoms with Gasteiger partial charge in [-0.25, -0.2) is 0 Å². The predicted octanol–water partition coefficient (Wildman–Crippen LogP) is 4.62. The quantitative estimate of drug-likeness (QED) is 0.666. The first-order valence-corrected chi connectivity index (χ1v) is 8.34. The number of furan rings is 1. The van der Waals surface area contributed by atoms with Crippen molar-refractivity contribution in [3.63, 3.8) is 0 Å². The van der Waals surface area contributed by atoms with Crippen LogP contribution in [0.5, 0.6) is 0 Å². The molecule has 1 N–H and O–H groups in total. The summed E-state index contributed by atoms with van der Waals surface area (Å²) in [5.74, 6) is 0.0582. The van der Waals surface area contributed by atoms with Crippen LogP contribution in [0, 0.1) is 0 Å². The van der Waals surface area contributed by atoms with Gasteiger partial charge in [0.05, 0.1) is 6.04 Å². The molecule has 0 spiro atoms. The summed E-state index contributed by atoms with van der Waals surface area (Å²) in [7, 11) is 0. The molecule has 1 amide bonds. The highest BCUT2D eigenvalue weighted by atomic mass is 79.9. The maximum atomic E-state index is 12.6. The molecule has 0 aliphatic carbocycles. The third-order valence-electron chi connectivity index (χ3n) is 3.79. The van der Waals surface area contributed by atoms with Gasteiger partial charge in [0.15, 0.2) is 5.76 Å². The summed E-state index contributed by atoms with van der Waals surface area (Å²) in [6, 6.07) is 14.4. The lowest BCUT2D eigenvalue weighted by molar-refractivity contribution is -0.119. The molecule has 0 saturated carbocycles. The Morgan fingerprint density at radius 2 is 1.79 bits per heavy atom. The molecular formula is C19H16BrNO3. The summed E-state index contributed by atoms with van der Waals surface area (Å²) in [5.41, 5.74) is 2.17. The molecular weight excluding hydrogens is 370 g/mol. The Kier molecular flexibility index (Phi) is 4.53. The lowest BCUT2D eigenvalue weighted by atomic mass is 10.0. The summed E-state index contributed by atoms with van der Waals surface area (Å²) < 4.78 is 6.58. The number of hydrogen-bond donors (Lipinski definition) is 1. The lowest BCUT2D eigenvalue weighted by Crippen LogP contribution is -2.23. The number of amides is 1. The van der Waals surface area contributed by atoms with Gasteiger partial charge in [-0.2, -0.15) is 0 Å². The minimum atomic E-state index is -0.166. The third-order valence-corrected chi connectivity index (χ3v) is 4.29. The van der Waals surface area contributed by atoms with Gasteiger partial charge in [0, 0.05) is 22.3 Å². The Balaban J connectivity index is 1.84. The van der Waals surface area contributed by atoms with Gasteiger partial charge < -0.3 is 9.73 Å². The number of fused-ring (bicyclic) bond motifs is 1. The van der Waals surface area contributed by atoms with E-state index in [1.807, 2.05) is 37.3 Å². The number of nitrogens with one attached hydrogen (secondary N) is 1. The monoisotopic (exact) mass is 385 g/mol. The van der Waals surface area contributed by atoms with Gasteiger partial charge in [0.1, 0.15) is 5.58 Å². The van der Waals surface area contributed by atoms with Crippen LogP contribution in [0.15, 0.2) is 57.4 Å². The Morgan fingerprint density at radius 3 is 2.46 bits per heavy atom. The van der Waals surface area contributed by atoms with Crippen molar-refractivity contribution in [1.29, 1.82) is 0 Å². The van der Waals surface area contributed by atoms with Crippen LogP contribution in [0.3, 0.4) is 0 Å². The molecule has 2 aromatic carbocycles. The molecule has 122 valence electrons. The summed E-state index contributed by atoms with van der Waals surface area (Å²) in [6.45, 7) is 3.38. The van der Waals surface area contributed by atoms with E-state index in [2.05, 4.69) is 21.2 Å². The van der Waals surface area contributed by atoms with E-state index in [-0.39, 0.29) is 17.7 Å². The van der Waals surface area contributed by atoms with Gasteiger partial charge in [-0.05, 0) is 36.8 Å². The summed E-state index contributed by atoms with van der Waals surface area (Å²) in [5, 5.41) is 3.69. The molecule has 1 unspecified atom stereocenters. The zero-order valence-corrected chi connectivity index (χ0v) is 14.9. The highest BCUT2D eigenvalue weighted by molar-refractivity contribution is 9.10. The molecule has 5 heteroatoms. The van der Waals surface area contributed by atoms with Crippen molar-refractivity contribution in [2.24, 2.45) is 0 Å². The second kappa shape index (κ2) is 6.61.